The fraction of sp³-hybridized carbons (Fsp3) is 0.714. The van der Waals surface area contributed by atoms with E-state index in [9.17, 15) is 9.59 Å². The van der Waals surface area contributed by atoms with Crippen LogP contribution in [0.1, 0.15) is 41.0 Å². The second-order valence-electron chi connectivity index (χ2n) is 5.62. The van der Waals surface area contributed by atoms with Gasteiger partial charge in [0.25, 0.3) is 0 Å². The first-order chi connectivity index (χ1) is 9.22. The number of hydrogen-bond acceptors (Lipinski definition) is 4. The molecule has 1 N–H and O–H groups in total. The number of carbonyl (C=O) groups excluding carboxylic acids is 2. The molecule has 0 spiro atoms. The zero-order chi connectivity index (χ0) is 15.4. The lowest BCUT2D eigenvalue weighted by Crippen LogP contribution is -2.49. The van der Waals surface area contributed by atoms with E-state index in [-0.39, 0.29) is 24.2 Å². The molecule has 0 aromatic rings. The molecule has 1 rings (SSSR count). The van der Waals surface area contributed by atoms with Crippen molar-refractivity contribution in [2.75, 3.05) is 0 Å². The van der Waals surface area contributed by atoms with Gasteiger partial charge >= 0.3 is 12.2 Å². The van der Waals surface area contributed by atoms with E-state index in [1.165, 1.54) is 5.01 Å². The van der Waals surface area contributed by atoms with Gasteiger partial charge in [-0.1, -0.05) is 12.2 Å². The summed E-state index contributed by atoms with van der Waals surface area (Å²) in [6.07, 6.45) is -0.976. The van der Waals surface area contributed by atoms with Crippen LogP contribution in [0.15, 0.2) is 12.2 Å². The first kappa shape index (κ1) is 16.3. The topological polar surface area (TPSA) is 67.9 Å². The first-order valence-electron chi connectivity index (χ1n) is 6.84. The van der Waals surface area contributed by atoms with E-state index in [2.05, 4.69) is 12.0 Å². The molecule has 2 amide bonds. The molecule has 0 aromatic heterocycles. The van der Waals surface area contributed by atoms with Gasteiger partial charge in [0.1, 0.15) is 0 Å². The van der Waals surface area contributed by atoms with Gasteiger partial charge in [-0.2, -0.15) is 0 Å². The van der Waals surface area contributed by atoms with Crippen LogP contribution >= 0.6 is 0 Å². The Morgan fingerprint density at radius 2 is 1.75 bits per heavy atom. The quantitative estimate of drug-likeness (QED) is 0.636. The maximum absolute atomic E-state index is 12.0. The molecule has 0 heterocycles. The van der Waals surface area contributed by atoms with Crippen LogP contribution in [0.5, 0.6) is 0 Å². The minimum atomic E-state index is -0.659. The van der Waals surface area contributed by atoms with Crippen molar-refractivity contribution in [3.05, 3.63) is 12.2 Å². The van der Waals surface area contributed by atoms with Gasteiger partial charge in [-0.25, -0.2) is 20.0 Å². The van der Waals surface area contributed by atoms with Gasteiger partial charge in [0.05, 0.1) is 18.2 Å². The Morgan fingerprint density at radius 1 is 1.20 bits per heavy atom. The smallest absolute Gasteiger partial charge is 0.429 e. The van der Waals surface area contributed by atoms with E-state index in [0.29, 0.717) is 0 Å². The van der Waals surface area contributed by atoms with Crippen molar-refractivity contribution >= 4 is 12.2 Å². The van der Waals surface area contributed by atoms with Crippen molar-refractivity contribution in [3.63, 3.8) is 0 Å². The van der Waals surface area contributed by atoms with Crippen LogP contribution in [0.4, 0.5) is 9.59 Å². The summed E-state index contributed by atoms with van der Waals surface area (Å²) in [7, 11) is 0. The Morgan fingerprint density at radius 3 is 2.15 bits per heavy atom. The van der Waals surface area contributed by atoms with Gasteiger partial charge in [-0.3, -0.25) is 0 Å². The molecule has 1 aliphatic carbocycles. The monoisotopic (exact) mass is 284 g/mol. The van der Waals surface area contributed by atoms with Crippen molar-refractivity contribution in [2.24, 2.45) is 5.92 Å². The van der Waals surface area contributed by atoms with E-state index in [0.717, 1.165) is 12.0 Å². The number of ether oxygens (including phenoxy) is 2. The van der Waals surface area contributed by atoms with E-state index in [4.69, 9.17) is 9.47 Å². The van der Waals surface area contributed by atoms with Crippen molar-refractivity contribution in [1.82, 2.24) is 10.4 Å². The summed E-state index contributed by atoms with van der Waals surface area (Å²) in [6.45, 7) is 12.8. The number of nitrogens with one attached hydrogen (secondary N) is 1. The van der Waals surface area contributed by atoms with Gasteiger partial charge in [0.2, 0.25) is 0 Å². The molecule has 1 fully saturated rings. The molecule has 0 saturated heterocycles. The number of hydrazine groups is 1. The minimum Gasteiger partial charge on any atom is -0.446 e. The van der Waals surface area contributed by atoms with Crippen molar-refractivity contribution in [3.8, 4) is 0 Å². The van der Waals surface area contributed by atoms with Gasteiger partial charge in [-0.05, 0) is 41.0 Å². The van der Waals surface area contributed by atoms with Gasteiger partial charge in [0.15, 0.2) is 0 Å². The maximum atomic E-state index is 12.0. The van der Waals surface area contributed by atoms with Crippen LogP contribution in [0.25, 0.3) is 0 Å². The average molecular weight is 284 g/mol. The van der Waals surface area contributed by atoms with E-state index in [1.807, 2.05) is 6.92 Å². The van der Waals surface area contributed by atoms with Crippen molar-refractivity contribution in [1.29, 1.82) is 0 Å². The molecule has 0 aromatic carbocycles. The lowest BCUT2D eigenvalue weighted by atomic mass is 10.2. The lowest BCUT2D eigenvalue weighted by Gasteiger charge is -2.24. The highest BCUT2D eigenvalue weighted by atomic mass is 16.6. The fourth-order valence-corrected chi connectivity index (χ4v) is 1.86. The Kier molecular flexibility index (Phi) is 5.42. The predicted molar refractivity (Wildman–Crippen MR) is 74.9 cm³/mol. The van der Waals surface area contributed by atoms with Crippen LogP contribution in [0, 0.1) is 5.92 Å². The maximum Gasteiger partial charge on any atom is 0.429 e. The molecule has 6 heteroatoms. The molecule has 20 heavy (non-hydrogen) atoms. The zero-order valence-electron chi connectivity index (χ0n) is 12.8. The number of carbonyl (C=O) groups is 2. The molecule has 1 aliphatic rings. The van der Waals surface area contributed by atoms with Crippen LogP contribution in [0.3, 0.4) is 0 Å². The summed E-state index contributed by atoms with van der Waals surface area (Å²) < 4.78 is 10.1. The third kappa shape index (κ3) is 4.75. The second-order valence-corrected chi connectivity index (χ2v) is 5.62. The molecule has 2 unspecified atom stereocenters. The summed E-state index contributed by atoms with van der Waals surface area (Å²) in [6, 6.07) is -0.113. The summed E-state index contributed by atoms with van der Waals surface area (Å²) in [5.74, 6) is 0.189. The Bertz CT molecular complexity index is 393. The highest BCUT2D eigenvalue weighted by Crippen LogP contribution is 2.40. The molecule has 0 bridgehead atoms. The van der Waals surface area contributed by atoms with Crippen LogP contribution in [0.2, 0.25) is 0 Å². The Balaban J connectivity index is 2.68. The van der Waals surface area contributed by atoms with E-state index < -0.39 is 12.2 Å². The predicted octanol–water partition coefficient (Wildman–Crippen LogP) is 2.85. The van der Waals surface area contributed by atoms with E-state index >= 15 is 0 Å². The Hall–Kier alpha value is -1.72. The molecule has 0 radical (unpaired) electrons. The largest absolute Gasteiger partial charge is 0.446 e. The van der Waals surface area contributed by atoms with Crippen LogP contribution in [-0.2, 0) is 9.47 Å². The standard InChI is InChI=1S/C14H24N2O4/c1-8(2)11-7-12(11)16(14(18)20-10(5)6)15-13(17)19-9(3)4/h9-12H,1,7H2,2-6H3,(H,15,17). The molecule has 2 atom stereocenters. The highest BCUT2D eigenvalue weighted by Gasteiger charge is 2.46. The Labute approximate surface area is 120 Å². The molecule has 6 nitrogen and oxygen atoms in total. The second kappa shape index (κ2) is 6.63. The third-order valence-corrected chi connectivity index (χ3v) is 2.81. The molecular weight excluding hydrogens is 260 g/mol. The molecule has 1 saturated carbocycles. The fourth-order valence-electron chi connectivity index (χ4n) is 1.86. The van der Waals surface area contributed by atoms with Crippen molar-refractivity contribution in [2.45, 2.75) is 59.3 Å². The highest BCUT2D eigenvalue weighted by molar-refractivity contribution is 5.74. The minimum absolute atomic E-state index is 0.113. The summed E-state index contributed by atoms with van der Waals surface area (Å²) in [5.41, 5.74) is 3.44. The normalized spacial score (nSPS) is 20.6. The summed E-state index contributed by atoms with van der Waals surface area (Å²) in [4.78, 5) is 23.7. The van der Waals surface area contributed by atoms with Gasteiger partial charge in [-0.15, -0.1) is 0 Å². The van der Waals surface area contributed by atoms with Crippen molar-refractivity contribution < 1.29 is 19.1 Å². The number of rotatable bonds is 4. The molecule has 0 aliphatic heterocycles. The number of hydrogen-bond donors (Lipinski definition) is 1. The van der Waals surface area contributed by atoms with Crippen LogP contribution in [-0.4, -0.2) is 35.4 Å². The van der Waals surface area contributed by atoms with E-state index in [1.54, 1.807) is 27.7 Å². The van der Waals surface area contributed by atoms with Gasteiger partial charge < -0.3 is 9.47 Å². The SMILES string of the molecule is C=C(C)C1CC1N(NC(=O)OC(C)C)C(=O)OC(C)C. The number of amides is 2. The lowest BCUT2D eigenvalue weighted by molar-refractivity contribution is 0.0431. The zero-order valence-corrected chi connectivity index (χ0v) is 12.8. The third-order valence-electron chi connectivity index (χ3n) is 2.81. The molecule has 114 valence electrons. The summed E-state index contributed by atoms with van der Waals surface area (Å²) in [5, 5.41) is 1.21. The number of nitrogens with zero attached hydrogens (tertiary/aromatic N) is 1. The van der Waals surface area contributed by atoms with Crippen LogP contribution < -0.4 is 5.43 Å². The average Bonchev–Trinajstić information content (AvgIpc) is 3.03. The first-order valence-corrected chi connectivity index (χ1v) is 6.84. The summed E-state index contributed by atoms with van der Waals surface area (Å²) >= 11 is 0. The molecular formula is C14H24N2O4. The van der Waals surface area contributed by atoms with Gasteiger partial charge in [0, 0.05) is 5.92 Å².